The van der Waals surface area contributed by atoms with Crippen LogP contribution < -0.4 is 4.72 Å². The first kappa shape index (κ1) is 13.5. The van der Waals surface area contributed by atoms with Crippen molar-refractivity contribution in [2.24, 2.45) is 0 Å². The highest BCUT2D eigenvalue weighted by atomic mass is 32.2. The summed E-state index contributed by atoms with van der Waals surface area (Å²) < 4.78 is 36.6. The predicted octanol–water partition coefficient (Wildman–Crippen LogP) is -1.33. The van der Waals surface area contributed by atoms with Gasteiger partial charge in [0.05, 0.1) is 13.2 Å². The van der Waals surface area contributed by atoms with Crippen LogP contribution in [-0.4, -0.2) is 56.8 Å². The molecule has 0 aromatic rings. The van der Waals surface area contributed by atoms with E-state index in [1.807, 2.05) is 0 Å². The van der Waals surface area contributed by atoms with Gasteiger partial charge in [-0.05, 0) is 0 Å². The van der Waals surface area contributed by atoms with E-state index >= 15 is 0 Å². The lowest BCUT2D eigenvalue weighted by molar-refractivity contribution is -0.769. The molecule has 2 heterocycles. The molecule has 18 heavy (non-hydrogen) atoms. The Balaban J connectivity index is 2.07. The van der Waals surface area contributed by atoms with E-state index in [0.29, 0.717) is 0 Å². The van der Waals surface area contributed by atoms with Gasteiger partial charge in [-0.25, -0.2) is 13.1 Å². The van der Waals surface area contributed by atoms with Gasteiger partial charge in [0.1, 0.15) is 17.5 Å². The summed E-state index contributed by atoms with van der Waals surface area (Å²) in [7, 11) is -3.54. The van der Waals surface area contributed by atoms with Crippen molar-refractivity contribution in [3.63, 3.8) is 0 Å². The molecule has 0 spiro atoms. The Bertz CT molecular complexity index is 425. The molecule has 10 heteroatoms. The Labute approximate surface area is 104 Å². The van der Waals surface area contributed by atoms with Gasteiger partial charge in [-0.3, -0.25) is 0 Å². The highest BCUT2D eigenvalue weighted by Gasteiger charge is 2.53. The summed E-state index contributed by atoms with van der Waals surface area (Å²) in [5.74, 6) is 0. The van der Waals surface area contributed by atoms with Crippen molar-refractivity contribution in [3.05, 3.63) is 10.1 Å². The molecular formula is C8H14N2O7S. The van der Waals surface area contributed by atoms with Crippen molar-refractivity contribution in [2.45, 2.75) is 30.5 Å². The number of ether oxygens (including phenoxy) is 2. The Morgan fingerprint density at radius 1 is 1.39 bits per heavy atom. The maximum Gasteiger partial charge on any atom is 0.294 e. The van der Waals surface area contributed by atoms with E-state index in [1.54, 1.807) is 6.92 Å². The summed E-state index contributed by atoms with van der Waals surface area (Å²) in [6, 6.07) is 0. The van der Waals surface area contributed by atoms with Crippen LogP contribution in [0.1, 0.15) is 6.92 Å². The molecule has 2 rings (SSSR count). The molecule has 0 aliphatic carbocycles. The zero-order chi connectivity index (χ0) is 13.3. The lowest BCUT2D eigenvalue weighted by Crippen LogP contribution is -2.43. The molecule has 4 atom stereocenters. The summed E-state index contributed by atoms with van der Waals surface area (Å²) in [4.78, 5) is 14.7. The summed E-state index contributed by atoms with van der Waals surface area (Å²) in [5.41, 5.74) is 0. The molecule has 4 unspecified atom stereocenters. The topological polar surface area (TPSA) is 117 Å². The Morgan fingerprint density at radius 2 is 2.06 bits per heavy atom. The largest absolute Gasteiger partial charge is 0.372 e. The number of hydrogen-bond acceptors (Lipinski definition) is 7. The smallest absolute Gasteiger partial charge is 0.294 e. The van der Waals surface area contributed by atoms with Crippen LogP contribution in [0.2, 0.25) is 0 Å². The lowest BCUT2D eigenvalue weighted by atomic mass is 10.1. The normalized spacial score (nSPS) is 35.4. The molecular weight excluding hydrogens is 268 g/mol. The van der Waals surface area contributed by atoms with Crippen LogP contribution in [0.15, 0.2) is 0 Å². The average Bonchev–Trinajstić information content (AvgIpc) is 2.80. The van der Waals surface area contributed by atoms with Gasteiger partial charge >= 0.3 is 0 Å². The molecule has 2 saturated heterocycles. The highest BCUT2D eigenvalue weighted by Crippen LogP contribution is 2.31. The predicted molar refractivity (Wildman–Crippen MR) is 57.7 cm³/mol. The van der Waals surface area contributed by atoms with Crippen molar-refractivity contribution in [3.8, 4) is 0 Å². The average molecular weight is 282 g/mol. The maximum absolute atomic E-state index is 11.9. The minimum atomic E-state index is -3.54. The molecule has 2 aliphatic rings. The minimum absolute atomic E-state index is 0.0472. The molecule has 1 N–H and O–H groups in total. The van der Waals surface area contributed by atoms with E-state index in [2.05, 4.69) is 9.56 Å². The van der Waals surface area contributed by atoms with E-state index < -0.39 is 38.7 Å². The number of fused-ring (bicyclic) bond motifs is 1. The second-order valence-electron chi connectivity index (χ2n) is 4.04. The van der Waals surface area contributed by atoms with Gasteiger partial charge in [-0.15, -0.1) is 10.1 Å². The van der Waals surface area contributed by atoms with Crippen LogP contribution in [0.4, 0.5) is 0 Å². The zero-order valence-electron chi connectivity index (χ0n) is 9.64. The van der Waals surface area contributed by atoms with Gasteiger partial charge in [-0.1, -0.05) is 6.92 Å². The van der Waals surface area contributed by atoms with Gasteiger partial charge < -0.3 is 14.3 Å². The lowest BCUT2D eigenvalue weighted by Gasteiger charge is -2.16. The minimum Gasteiger partial charge on any atom is -0.372 e. The van der Waals surface area contributed by atoms with Crippen LogP contribution in [-0.2, 0) is 24.3 Å². The summed E-state index contributed by atoms with van der Waals surface area (Å²) in [6.45, 7) is 1.83. The summed E-state index contributed by atoms with van der Waals surface area (Å²) in [5, 5.41) is 8.48. The van der Waals surface area contributed by atoms with E-state index in [1.165, 1.54) is 0 Å². The number of rotatable bonds is 5. The molecule has 0 saturated carbocycles. The van der Waals surface area contributed by atoms with Gasteiger partial charge in [0.15, 0.2) is 6.10 Å². The first-order valence-corrected chi connectivity index (χ1v) is 7.03. The fourth-order valence-corrected chi connectivity index (χ4v) is 3.67. The first-order chi connectivity index (χ1) is 8.45. The summed E-state index contributed by atoms with van der Waals surface area (Å²) >= 11 is 0. The quantitative estimate of drug-likeness (QED) is 0.490. The van der Waals surface area contributed by atoms with E-state index in [-0.39, 0.29) is 19.8 Å². The van der Waals surface area contributed by atoms with E-state index in [9.17, 15) is 18.5 Å². The molecule has 0 radical (unpaired) electrons. The van der Waals surface area contributed by atoms with Crippen LogP contribution in [0.3, 0.4) is 0 Å². The third kappa shape index (κ3) is 2.41. The Hall–Kier alpha value is -0.970. The number of hydrogen-bond donors (Lipinski definition) is 1. The monoisotopic (exact) mass is 282 g/mol. The molecule has 0 aromatic carbocycles. The van der Waals surface area contributed by atoms with Crippen LogP contribution >= 0.6 is 0 Å². The van der Waals surface area contributed by atoms with Gasteiger partial charge in [0, 0.05) is 6.54 Å². The molecule has 0 amide bonds. The second-order valence-corrected chi connectivity index (χ2v) is 6.03. The fourth-order valence-electron chi connectivity index (χ4n) is 2.20. The van der Waals surface area contributed by atoms with Crippen LogP contribution in [0.25, 0.3) is 0 Å². The fraction of sp³-hybridized carbons (Fsp3) is 1.00. The Kier molecular flexibility index (Phi) is 3.71. The van der Waals surface area contributed by atoms with Crippen molar-refractivity contribution in [1.29, 1.82) is 0 Å². The van der Waals surface area contributed by atoms with Crippen molar-refractivity contribution in [1.82, 2.24) is 4.72 Å². The third-order valence-corrected chi connectivity index (χ3v) is 4.82. The summed E-state index contributed by atoms with van der Waals surface area (Å²) in [6.07, 6.45) is -2.31. The van der Waals surface area contributed by atoms with Gasteiger partial charge in [0.25, 0.3) is 5.09 Å². The molecule has 2 fully saturated rings. The van der Waals surface area contributed by atoms with E-state index in [0.717, 1.165) is 0 Å². The van der Waals surface area contributed by atoms with Gasteiger partial charge in [-0.2, -0.15) is 0 Å². The molecule has 9 nitrogen and oxygen atoms in total. The number of nitrogens with zero attached hydrogens (tertiary/aromatic N) is 1. The highest BCUT2D eigenvalue weighted by molar-refractivity contribution is 7.90. The van der Waals surface area contributed by atoms with E-state index in [4.69, 9.17) is 9.47 Å². The third-order valence-electron chi connectivity index (χ3n) is 2.93. The number of sulfonamides is 1. The van der Waals surface area contributed by atoms with Crippen molar-refractivity contribution >= 4 is 10.0 Å². The van der Waals surface area contributed by atoms with Gasteiger partial charge in [0.2, 0.25) is 10.0 Å². The second kappa shape index (κ2) is 4.96. The molecule has 2 aliphatic heterocycles. The number of nitrogens with one attached hydrogen (secondary N) is 1. The standard InChI is InChI=1S/C8H14N2O7S/c1-2-9-18(13,14)6-4-16-7-5(17-10(11)12)3-15-8(6)7/h5-9H,2-4H2,1H3. The molecule has 0 aromatic heterocycles. The maximum atomic E-state index is 11.9. The SMILES string of the molecule is CCNS(=O)(=O)C1COC2C(O[N+](=O)[O-])COC21. The Morgan fingerprint density at radius 3 is 2.67 bits per heavy atom. The molecule has 0 bridgehead atoms. The zero-order valence-corrected chi connectivity index (χ0v) is 10.5. The molecule has 104 valence electrons. The van der Waals surface area contributed by atoms with Crippen LogP contribution in [0.5, 0.6) is 0 Å². The van der Waals surface area contributed by atoms with Crippen molar-refractivity contribution in [2.75, 3.05) is 19.8 Å². The first-order valence-electron chi connectivity index (χ1n) is 5.48. The van der Waals surface area contributed by atoms with Crippen LogP contribution in [0, 0.1) is 10.1 Å². The van der Waals surface area contributed by atoms with Crippen molar-refractivity contribution < 1.29 is 27.8 Å².